The molecule has 1 amide bonds. The fourth-order valence-corrected chi connectivity index (χ4v) is 3.95. The number of carbonyl (C=O) groups excluding carboxylic acids is 1. The molecule has 8 heteroatoms. The summed E-state index contributed by atoms with van der Waals surface area (Å²) < 4.78 is 6.31. The average molecular weight is 384 g/mol. The lowest BCUT2D eigenvalue weighted by Gasteiger charge is -2.40. The van der Waals surface area contributed by atoms with E-state index in [1.54, 1.807) is 0 Å². The van der Waals surface area contributed by atoms with Crippen LogP contribution in [0.3, 0.4) is 0 Å². The molecule has 2 aromatic heterocycles. The lowest BCUT2D eigenvalue weighted by molar-refractivity contribution is -0.137. The van der Waals surface area contributed by atoms with Crippen molar-refractivity contribution in [1.29, 1.82) is 0 Å². The van der Waals surface area contributed by atoms with E-state index in [1.807, 2.05) is 59.8 Å². The number of likely N-dealkylation sites (N-methyl/N-ethyl adjacent to an activating group) is 1. The van der Waals surface area contributed by atoms with Crippen LogP contribution < -0.4 is 5.76 Å². The van der Waals surface area contributed by atoms with Gasteiger partial charge in [-0.3, -0.25) is 4.79 Å². The molecule has 7 nitrogen and oxygen atoms in total. The van der Waals surface area contributed by atoms with Crippen molar-refractivity contribution in [1.82, 2.24) is 19.6 Å². The maximum atomic E-state index is 13.0. The smallest absolute Gasteiger partial charge is 0.387 e. The number of thiophene rings is 1. The average Bonchev–Trinajstić information content (AvgIpc) is 3.33. The Morgan fingerprint density at radius 1 is 1.22 bits per heavy atom. The molecular weight excluding hydrogens is 364 g/mol. The molecule has 1 saturated heterocycles. The number of rotatable bonds is 4. The molecule has 140 valence electrons. The number of amides is 1. The zero-order valence-corrected chi connectivity index (χ0v) is 15.8. The summed E-state index contributed by atoms with van der Waals surface area (Å²) in [6.07, 6.45) is 0. The highest BCUT2D eigenvalue weighted by Gasteiger charge is 2.30. The van der Waals surface area contributed by atoms with Gasteiger partial charge in [-0.2, -0.15) is 4.68 Å². The summed E-state index contributed by atoms with van der Waals surface area (Å²) in [7, 11) is 2.05. The van der Waals surface area contributed by atoms with E-state index < -0.39 is 5.76 Å². The molecule has 1 fully saturated rings. The molecule has 4 rings (SSSR count). The van der Waals surface area contributed by atoms with Gasteiger partial charge in [0.1, 0.15) is 6.54 Å². The minimum absolute atomic E-state index is 0.0446. The summed E-state index contributed by atoms with van der Waals surface area (Å²) in [5.41, 5.74) is 1.09. The van der Waals surface area contributed by atoms with Crippen molar-refractivity contribution in [3.8, 4) is 10.8 Å². The van der Waals surface area contributed by atoms with Gasteiger partial charge in [-0.25, -0.2) is 4.79 Å². The van der Waals surface area contributed by atoms with Crippen molar-refractivity contribution in [3.05, 3.63) is 64.0 Å². The number of nitrogens with zero attached hydrogens (tertiary/aromatic N) is 4. The quantitative estimate of drug-likeness (QED) is 0.689. The second-order valence-electron chi connectivity index (χ2n) is 6.58. The molecule has 1 aromatic carbocycles. The second-order valence-corrected chi connectivity index (χ2v) is 7.53. The highest BCUT2D eigenvalue weighted by atomic mass is 32.1. The Morgan fingerprint density at radius 3 is 2.78 bits per heavy atom. The van der Waals surface area contributed by atoms with Gasteiger partial charge in [-0.1, -0.05) is 36.4 Å². The summed E-state index contributed by atoms with van der Waals surface area (Å²) in [6.45, 7) is 2.03. The van der Waals surface area contributed by atoms with Crippen LogP contribution >= 0.6 is 11.3 Å². The summed E-state index contributed by atoms with van der Waals surface area (Å²) in [6, 6.07) is 13.6. The molecule has 1 aliphatic heterocycles. The van der Waals surface area contributed by atoms with Crippen molar-refractivity contribution in [2.45, 2.75) is 12.6 Å². The topological polar surface area (TPSA) is 71.6 Å². The molecule has 3 aromatic rings. The number of aromatic nitrogens is 2. The van der Waals surface area contributed by atoms with Crippen LogP contribution in [0.15, 0.2) is 57.1 Å². The minimum Gasteiger partial charge on any atom is -0.387 e. The molecule has 0 spiro atoms. The summed E-state index contributed by atoms with van der Waals surface area (Å²) >= 11 is 1.43. The van der Waals surface area contributed by atoms with E-state index in [4.69, 9.17) is 4.42 Å². The van der Waals surface area contributed by atoms with Crippen LogP contribution in [0.2, 0.25) is 0 Å². The summed E-state index contributed by atoms with van der Waals surface area (Å²) in [4.78, 5) is 29.9. The van der Waals surface area contributed by atoms with Crippen LogP contribution in [0.25, 0.3) is 10.8 Å². The largest absolute Gasteiger partial charge is 0.437 e. The highest BCUT2D eigenvalue weighted by Crippen LogP contribution is 2.25. The standard InChI is InChI=1S/C19H20N4O3S/c1-21-9-10-22(15(12-21)14-6-3-2-4-7-14)17(24)13-23-19(25)26-18(20-23)16-8-5-11-27-16/h2-8,11,15H,9-10,12-13H2,1H3/t15-/m0/s1. The van der Waals surface area contributed by atoms with Gasteiger partial charge in [0.25, 0.3) is 5.89 Å². The summed E-state index contributed by atoms with van der Waals surface area (Å²) in [5, 5.41) is 6.07. The van der Waals surface area contributed by atoms with E-state index in [9.17, 15) is 9.59 Å². The maximum absolute atomic E-state index is 13.0. The molecule has 27 heavy (non-hydrogen) atoms. The first-order valence-corrected chi connectivity index (χ1v) is 9.64. The Labute approximate surface area is 160 Å². The van der Waals surface area contributed by atoms with Crippen molar-refractivity contribution in [2.75, 3.05) is 26.7 Å². The van der Waals surface area contributed by atoms with Gasteiger partial charge in [0.05, 0.1) is 10.9 Å². The van der Waals surface area contributed by atoms with Gasteiger partial charge < -0.3 is 14.2 Å². The SMILES string of the molecule is CN1CCN(C(=O)Cn2nc(-c3cccs3)oc2=O)[C@H](c2ccccc2)C1. The van der Waals surface area contributed by atoms with Gasteiger partial charge >= 0.3 is 5.76 Å². The molecular formula is C19H20N4O3S. The zero-order valence-electron chi connectivity index (χ0n) is 14.9. The van der Waals surface area contributed by atoms with Gasteiger partial charge in [-0.15, -0.1) is 16.4 Å². The van der Waals surface area contributed by atoms with Crippen molar-refractivity contribution < 1.29 is 9.21 Å². The molecule has 0 saturated carbocycles. The van der Waals surface area contributed by atoms with Crippen LogP contribution in [0.5, 0.6) is 0 Å². The van der Waals surface area contributed by atoms with Crippen LogP contribution in [0.4, 0.5) is 0 Å². The second kappa shape index (κ2) is 7.50. The predicted molar refractivity (Wildman–Crippen MR) is 102 cm³/mol. The molecule has 0 N–H and O–H groups in total. The van der Waals surface area contributed by atoms with Crippen LogP contribution in [0, 0.1) is 0 Å². The Morgan fingerprint density at radius 2 is 2.04 bits per heavy atom. The Bertz CT molecular complexity index is 965. The van der Waals surface area contributed by atoms with E-state index in [0.29, 0.717) is 6.54 Å². The fraction of sp³-hybridized carbons (Fsp3) is 0.316. The normalized spacial score (nSPS) is 18.0. The van der Waals surface area contributed by atoms with Crippen LogP contribution in [-0.2, 0) is 11.3 Å². The third-order valence-electron chi connectivity index (χ3n) is 4.71. The lowest BCUT2D eigenvalue weighted by Crippen LogP contribution is -2.50. The number of piperazine rings is 1. The number of benzene rings is 1. The lowest BCUT2D eigenvalue weighted by atomic mass is 10.0. The van der Waals surface area contributed by atoms with E-state index in [2.05, 4.69) is 10.00 Å². The third kappa shape index (κ3) is 3.72. The zero-order chi connectivity index (χ0) is 18.8. The molecule has 0 unspecified atom stereocenters. The van der Waals surface area contributed by atoms with E-state index in [1.165, 1.54) is 11.3 Å². The molecule has 0 radical (unpaired) electrons. The first-order chi connectivity index (χ1) is 13.1. The first kappa shape index (κ1) is 17.7. The van der Waals surface area contributed by atoms with E-state index in [-0.39, 0.29) is 24.4 Å². The van der Waals surface area contributed by atoms with E-state index >= 15 is 0 Å². The van der Waals surface area contributed by atoms with Crippen molar-refractivity contribution in [2.24, 2.45) is 0 Å². The first-order valence-electron chi connectivity index (χ1n) is 8.76. The monoisotopic (exact) mass is 384 g/mol. The van der Waals surface area contributed by atoms with Crippen molar-refractivity contribution >= 4 is 17.2 Å². The van der Waals surface area contributed by atoms with Gasteiger partial charge in [0, 0.05) is 19.6 Å². The molecule has 0 aliphatic carbocycles. The Kier molecular flexibility index (Phi) is 4.91. The minimum atomic E-state index is -0.614. The Balaban J connectivity index is 1.55. The molecule has 1 atom stereocenters. The highest BCUT2D eigenvalue weighted by molar-refractivity contribution is 7.13. The van der Waals surface area contributed by atoms with E-state index in [0.717, 1.165) is 28.2 Å². The van der Waals surface area contributed by atoms with Gasteiger partial charge in [-0.05, 0) is 24.1 Å². The van der Waals surface area contributed by atoms with Gasteiger partial charge in [0.15, 0.2) is 0 Å². The molecule has 1 aliphatic rings. The maximum Gasteiger partial charge on any atom is 0.437 e. The molecule has 3 heterocycles. The number of hydrogen-bond acceptors (Lipinski definition) is 6. The van der Waals surface area contributed by atoms with Crippen molar-refractivity contribution in [3.63, 3.8) is 0 Å². The third-order valence-corrected chi connectivity index (χ3v) is 5.57. The predicted octanol–water partition coefficient (Wildman–Crippen LogP) is 2.08. The summed E-state index contributed by atoms with van der Waals surface area (Å²) in [5.74, 6) is -0.497. The number of hydrogen-bond donors (Lipinski definition) is 0. The molecule has 0 bridgehead atoms. The fourth-order valence-electron chi connectivity index (χ4n) is 3.30. The number of carbonyl (C=O) groups is 1. The van der Waals surface area contributed by atoms with Crippen LogP contribution in [-0.4, -0.2) is 52.2 Å². The Hall–Kier alpha value is -2.71. The van der Waals surface area contributed by atoms with Gasteiger partial charge in [0.2, 0.25) is 5.91 Å². The van der Waals surface area contributed by atoms with Crippen LogP contribution in [0.1, 0.15) is 11.6 Å².